The highest BCUT2D eigenvalue weighted by Crippen LogP contribution is 2.22. The molecule has 21 heavy (non-hydrogen) atoms. The first kappa shape index (κ1) is 15.7. The minimum absolute atomic E-state index is 0.153. The van der Waals surface area contributed by atoms with Crippen molar-refractivity contribution in [2.75, 3.05) is 32.7 Å². The Labute approximate surface area is 122 Å². The molecule has 2 heterocycles. The van der Waals surface area contributed by atoms with Crippen LogP contribution >= 0.6 is 0 Å². The fourth-order valence-corrected chi connectivity index (χ4v) is 2.77. The summed E-state index contributed by atoms with van der Waals surface area (Å²) < 4.78 is 5.29. The highest BCUT2D eigenvalue weighted by Gasteiger charge is 2.37. The number of carbonyl (C=O) groups excluding carboxylic acids is 2. The maximum absolute atomic E-state index is 12.3. The number of nitrogens with two attached hydrogens (primary N) is 1. The number of ether oxygens (including phenoxy) is 1. The smallest absolute Gasteiger partial charge is 0.332 e. The van der Waals surface area contributed by atoms with Crippen LogP contribution in [0.15, 0.2) is 0 Å². The first-order valence-corrected chi connectivity index (χ1v) is 7.15. The van der Waals surface area contributed by atoms with Gasteiger partial charge in [0.2, 0.25) is 5.91 Å². The molecule has 0 spiro atoms. The summed E-state index contributed by atoms with van der Waals surface area (Å²) in [6.07, 6.45) is 0.0322. The molecule has 2 saturated heterocycles. The lowest BCUT2D eigenvalue weighted by atomic mass is 10.2. The van der Waals surface area contributed by atoms with Gasteiger partial charge >= 0.3 is 5.97 Å². The molecule has 0 aromatic carbocycles. The van der Waals surface area contributed by atoms with E-state index in [0.29, 0.717) is 32.5 Å². The largest absolute Gasteiger partial charge is 0.479 e. The summed E-state index contributed by atoms with van der Waals surface area (Å²) in [7, 11) is 0. The second-order valence-corrected chi connectivity index (χ2v) is 5.45. The highest BCUT2D eigenvalue weighted by atomic mass is 16.5. The van der Waals surface area contributed by atoms with Gasteiger partial charge in [-0.15, -0.1) is 0 Å². The van der Waals surface area contributed by atoms with Gasteiger partial charge in [-0.2, -0.15) is 0 Å². The highest BCUT2D eigenvalue weighted by molar-refractivity contribution is 5.82. The number of hydrogen-bond acceptors (Lipinski definition) is 5. The molecule has 0 bridgehead atoms. The molecular formula is C13H21N3O5. The third-order valence-electron chi connectivity index (χ3n) is 3.85. The zero-order valence-electron chi connectivity index (χ0n) is 11.9. The lowest BCUT2D eigenvalue weighted by molar-refractivity contribution is -0.154. The topological polar surface area (TPSA) is 113 Å². The third-order valence-corrected chi connectivity index (χ3v) is 3.85. The molecule has 8 nitrogen and oxygen atoms in total. The minimum atomic E-state index is -1.02. The van der Waals surface area contributed by atoms with Crippen LogP contribution in [0.25, 0.3) is 0 Å². The second kappa shape index (κ2) is 6.86. The lowest BCUT2D eigenvalue weighted by Crippen LogP contribution is -2.42. The number of carboxylic acid groups (broad SMARTS) is 1. The Bertz CT molecular complexity index is 428. The van der Waals surface area contributed by atoms with Crippen LogP contribution in [-0.2, 0) is 19.1 Å². The van der Waals surface area contributed by atoms with Crippen molar-refractivity contribution in [2.24, 2.45) is 5.73 Å². The van der Waals surface area contributed by atoms with Gasteiger partial charge in [0.1, 0.15) is 6.10 Å². The van der Waals surface area contributed by atoms with E-state index in [1.54, 1.807) is 4.90 Å². The SMILES string of the molecule is NC(=O)CN1CCCN(C(=O)[C@@H]2CC[C@H](C(=O)O)O2)CC1. The summed E-state index contributed by atoms with van der Waals surface area (Å²) in [5.41, 5.74) is 5.18. The van der Waals surface area contributed by atoms with Crippen molar-refractivity contribution in [3.8, 4) is 0 Å². The van der Waals surface area contributed by atoms with Gasteiger partial charge < -0.3 is 20.5 Å². The Balaban J connectivity index is 1.86. The number of carbonyl (C=O) groups is 3. The number of rotatable bonds is 4. The van der Waals surface area contributed by atoms with Crippen molar-refractivity contribution in [1.29, 1.82) is 0 Å². The Morgan fingerprint density at radius 2 is 1.81 bits per heavy atom. The van der Waals surface area contributed by atoms with Crippen LogP contribution in [0, 0.1) is 0 Å². The molecule has 2 rings (SSSR count). The summed E-state index contributed by atoms with van der Waals surface area (Å²) in [4.78, 5) is 37.7. The molecule has 0 unspecified atom stereocenters. The molecule has 2 amide bonds. The molecule has 2 aliphatic heterocycles. The number of hydrogen-bond donors (Lipinski definition) is 2. The maximum atomic E-state index is 12.3. The Hall–Kier alpha value is -1.67. The van der Waals surface area contributed by atoms with Gasteiger partial charge in [0.25, 0.3) is 5.91 Å². The minimum Gasteiger partial charge on any atom is -0.479 e. The van der Waals surface area contributed by atoms with Gasteiger partial charge in [0.15, 0.2) is 6.10 Å². The number of amides is 2. The molecule has 0 saturated carbocycles. The van der Waals surface area contributed by atoms with Crippen molar-refractivity contribution in [3.63, 3.8) is 0 Å². The number of aliphatic carboxylic acids is 1. The second-order valence-electron chi connectivity index (χ2n) is 5.45. The van der Waals surface area contributed by atoms with Crippen LogP contribution < -0.4 is 5.73 Å². The molecule has 118 valence electrons. The average Bonchev–Trinajstić information content (AvgIpc) is 2.80. The Kier molecular flexibility index (Phi) is 5.13. The van der Waals surface area contributed by atoms with Crippen molar-refractivity contribution < 1.29 is 24.2 Å². The molecule has 8 heteroatoms. The Morgan fingerprint density at radius 3 is 2.43 bits per heavy atom. The van der Waals surface area contributed by atoms with Crippen LogP contribution in [0.2, 0.25) is 0 Å². The molecule has 0 aromatic rings. The summed E-state index contributed by atoms with van der Waals surface area (Å²) in [6, 6.07) is 0. The van der Waals surface area contributed by atoms with E-state index in [0.717, 1.165) is 13.0 Å². The molecule has 0 aliphatic carbocycles. The van der Waals surface area contributed by atoms with E-state index in [2.05, 4.69) is 0 Å². The van der Waals surface area contributed by atoms with E-state index in [-0.39, 0.29) is 18.4 Å². The van der Waals surface area contributed by atoms with Gasteiger partial charge in [0.05, 0.1) is 6.54 Å². The number of primary amides is 1. The van der Waals surface area contributed by atoms with Crippen LogP contribution in [-0.4, -0.2) is 77.6 Å². The van der Waals surface area contributed by atoms with Crippen LogP contribution in [0.4, 0.5) is 0 Å². The van der Waals surface area contributed by atoms with E-state index in [1.165, 1.54) is 0 Å². The van der Waals surface area contributed by atoms with Gasteiger partial charge in [-0.25, -0.2) is 4.79 Å². The summed E-state index contributed by atoms with van der Waals surface area (Å²) >= 11 is 0. The van der Waals surface area contributed by atoms with Gasteiger partial charge in [-0.3, -0.25) is 14.5 Å². The fourth-order valence-electron chi connectivity index (χ4n) is 2.77. The van der Waals surface area contributed by atoms with Gasteiger partial charge in [-0.1, -0.05) is 0 Å². The first-order valence-electron chi connectivity index (χ1n) is 7.15. The standard InChI is InChI=1S/C13H21N3O5/c14-11(17)8-15-4-1-5-16(7-6-15)12(18)9-2-3-10(21-9)13(19)20/h9-10H,1-8H2,(H2,14,17)(H,19,20)/t9-,10+/m0/s1. The normalized spacial score (nSPS) is 27.3. The molecule has 2 atom stereocenters. The zero-order valence-corrected chi connectivity index (χ0v) is 11.9. The van der Waals surface area contributed by atoms with E-state index in [9.17, 15) is 14.4 Å². The fraction of sp³-hybridized carbons (Fsp3) is 0.769. The van der Waals surface area contributed by atoms with Crippen LogP contribution in [0.5, 0.6) is 0 Å². The quantitative estimate of drug-likeness (QED) is 0.663. The summed E-state index contributed by atoms with van der Waals surface area (Å²) in [5.74, 6) is -1.55. The summed E-state index contributed by atoms with van der Waals surface area (Å²) in [6.45, 7) is 2.60. The van der Waals surface area contributed by atoms with E-state index in [1.807, 2.05) is 4.90 Å². The monoisotopic (exact) mass is 299 g/mol. The molecule has 0 radical (unpaired) electrons. The first-order chi connectivity index (χ1) is 9.97. The summed E-state index contributed by atoms with van der Waals surface area (Å²) in [5, 5.41) is 8.89. The predicted molar refractivity (Wildman–Crippen MR) is 72.4 cm³/mol. The van der Waals surface area contributed by atoms with Gasteiger partial charge in [0, 0.05) is 26.2 Å². The third kappa shape index (κ3) is 4.15. The van der Waals surface area contributed by atoms with Crippen LogP contribution in [0.1, 0.15) is 19.3 Å². The predicted octanol–water partition coefficient (Wildman–Crippen LogP) is -1.36. The van der Waals surface area contributed by atoms with Crippen molar-refractivity contribution in [2.45, 2.75) is 31.5 Å². The van der Waals surface area contributed by atoms with Crippen molar-refractivity contribution in [1.82, 2.24) is 9.80 Å². The number of carboxylic acids is 1. The van der Waals surface area contributed by atoms with E-state index in [4.69, 9.17) is 15.6 Å². The van der Waals surface area contributed by atoms with Crippen molar-refractivity contribution >= 4 is 17.8 Å². The van der Waals surface area contributed by atoms with Crippen molar-refractivity contribution in [3.05, 3.63) is 0 Å². The molecular weight excluding hydrogens is 278 g/mol. The molecule has 2 aliphatic rings. The lowest BCUT2D eigenvalue weighted by Gasteiger charge is -2.24. The average molecular weight is 299 g/mol. The van der Waals surface area contributed by atoms with E-state index >= 15 is 0 Å². The molecule has 0 aromatic heterocycles. The maximum Gasteiger partial charge on any atom is 0.332 e. The Morgan fingerprint density at radius 1 is 1.10 bits per heavy atom. The molecule has 3 N–H and O–H groups in total. The van der Waals surface area contributed by atoms with Gasteiger partial charge in [-0.05, 0) is 19.3 Å². The zero-order chi connectivity index (χ0) is 15.4. The molecule has 2 fully saturated rings. The van der Waals surface area contributed by atoms with Crippen LogP contribution in [0.3, 0.4) is 0 Å². The van der Waals surface area contributed by atoms with E-state index < -0.39 is 18.2 Å². The number of nitrogens with zero attached hydrogens (tertiary/aromatic N) is 2.